The molecule has 0 saturated carbocycles. The van der Waals surface area contributed by atoms with Crippen molar-refractivity contribution in [3.05, 3.63) is 11.8 Å². The maximum absolute atomic E-state index is 6.07. The van der Waals surface area contributed by atoms with E-state index in [0.717, 1.165) is 26.0 Å². The van der Waals surface area contributed by atoms with Gasteiger partial charge in [0, 0.05) is 12.6 Å². The van der Waals surface area contributed by atoms with E-state index >= 15 is 0 Å². The Morgan fingerprint density at radius 2 is 2.31 bits per heavy atom. The Kier molecular flexibility index (Phi) is 2.86. The van der Waals surface area contributed by atoms with E-state index in [1.165, 1.54) is 25.1 Å². The third kappa shape index (κ3) is 2.23. The van der Waals surface area contributed by atoms with Gasteiger partial charge >= 0.3 is 0 Å². The van der Waals surface area contributed by atoms with Gasteiger partial charge in [0.25, 0.3) is 0 Å². The normalized spacial score (nSPS) is 25.8. The van der Waals surface area contributed by atoms with Crippen molar-refractivity contribution in [1.82, 2.24) is 4.90 Å². The van der Waals surface area contributed by atoms with Crippen LogP contribution < -0.4 is 5.73 Å². The van der Waals surface area contributed by atoms with Gasteiger partial charge in [-0.2, -0.15) is 0 Å². The quantitative estimate of drug-likeness (QED) is 0.698. The van der Waals surface area contributed by atoms with Crippen LogP contribution in [0.4, 0.5) is 0 Å². The van der Waals surface area contributed by atoms with Crippen LogP contribution in [-0.4, -0.2) is 37.2 Å². The predicted octanol–water partition coefficient (Wildman–Crippen LogP) is 0.714. The summed E-state index contributed by atoms with van der Waals surface area (Å²) in [5, 5.41) is 0. The van der Waals surface area contributed by atoms with Crippen LogP contribution in [0.2, 0.25) is 0 Å². The third-order valence-corrected chi connectivity index (χ3v) is 2.84. The zero-order chi connectivity index (χ0) is 9.10. The fourth-order valence-corrected chi connectivity index (χ4v) is 1.82. The highest BCUT2D eigenvalue weighted by Gasteiger charge is 2.20. The lowest BCUT2D eigenvalue weighted by Gasteiger charge is -2.34. The molecule has 1 atom stereocenters. The summed E-state index contributed by atoms with van der Waals surface area (Å²) in [6, 6.07) is 0.195. The molecule has 2 aliphatic rings. The molecule has 2 rings (SSSR count). The molecule has 2 heterocycles. The molecule has 13 heavy (non-hydrogen) atoms. The van der Waals surface area contributed by atoms with E-state index in [2.05, 4.69) is 4.90 Å². The molecule has 0 aliphatic carbocycles. The lowest BCUT2D eigenvalue weighted by atomic mass is 10.0. The van der Waals surface area contributed by atoms with Gasteiger partial charge in [-0.15, -0.1) is 0 Å². The SMILES string of the molecule is NC(CN1CCC1)C1=COCCC1. The molecule has 1 fully saturated rings. The van der Waals surface area contributed by atoms with Gasteiger partial charge in [-0.05, 0) is 37.9 Å². The lowest BCUT2D eigenvalue weighted by Crippen LogP contribution is -2.45. The minimum Gasteiger partial charge on any atom is -0.501 e. The molecule has 2 aliphatic heterocycles. The molecule has 1 unspecified atom stereocenters. The minimum atomic E-state index is 0.195. The zero-order valence-electron chi connectivity index (χ0n) is 8.04. The van der Waals surface area contributed by atoms with E-state index < -0.39 is 0 Å². The highest BCUT2D eigenvalue weighted by atomic mass is 16.5. The summed E-state index contributed by atoms with van der Waals surface area (Å²) in [5.74, 6) is 0. The summed E-state index contributed by atoms with van der Waals surface area (Å²) >= 11 is 0. The maximum Gasteiger partial charge on any atom is 0.0876 e. The first-order valence-electron chi connectivity index (χ1n) is 5.15. The lowest BCUT2D eigenvalue weighted by molar-refractivity contribution is 0.169. The maximum atomic E-state index is 6.07. The van der Waals surface area contributed by atoms with Crippen LogP contribution in [0.1, 0.15) is 19.3 Å². The third-order valence-electron chi connectivity index (χ3n) is 2.84. The van der Waals surface area contributed by atoms with E-state index in [1.807, 2.05) is 6.26 Å². The van der Waals surface area contributed by atoms with Gasteiger partial charge in [-0.25, -0.2) is 0 Å². The number of hydrogen-bond donors (Lipinski definition) is 1. The van der Waals surface area contributed by atoms with E-state index in [0.29, 0.717) is 0 Å². The van der Waals surface area contributed by atoms with Crippen LogP contribution in [0.5, 0.6) is 0 Å². The van der Waals surface area contributed by atoms with Crippen LogP contribution in [0, 0.1) is 0 Å². The summed E-state index contributed by atoms with van der Waals surface area (Å²) in [6.45, 7) is 4.32. The summed E-state index contributed by atoms with van der Waals surface area (Å²) in [6.07, 6.45) is 5.45. The van der Waals surface area contributed by atoms with Crippen molar-refractivity contribution in [2.75, 3.05) is 26.2 Å². The smallest absolute Gasteiger partial charge is 0.0876 e. The zero-order valence-corrected chi connectivity index (χ0v) is 8.04. The largest absolute Gasteiger partial charge is 0.501 e. The summed E-state index contributed by atoms with van der Waals surface area (Å²) in [7, 11) is 0. The Hall–Kier alpha value is -0.540. The van der Waals surface area contributed by atoms with Crippen molar-refractivity contribution in [1.29, 1.82) is 0 Å². The monoisotopic (exact) mass is 182 g/mol. The molecular weight excluding hydrogens is 164 g/mol. The van der Waals surface area contributed by atoms with Crippen molar-refractivity contribution in [2.24, 2.45) is 5.73 Å². The molecule has 74 valence electrons. The van der Waals surface area contributed by atoms with Crippen molar-refractivity contribution >= 4 is 0 Å². The van der Waals surface area contributed by atoms with Gasteiger partial charge in [0.2, 0.25) is 0 Å². The van der Waals surface area contributed by atoms with Crippen LogP contribution in [0.25, 0.3) is 0 Å². The van der Waals surface area contributed by atoms with Gasteiger partial charge in [0.1, 0.15) is 0 Å². The van der Waals surface area contributed by atoms with Gasteiger partial charge in [0.15, 0.2) is 0 Å². The fraction of sp³-hybridized carbons (Fsp3) is 0.800. The molecule has 0 aromatic heterocycles. The molecule has 0 amide bonds. The first kappa shape index (κ1) is 9.03. The van der Waals surface area contributed by atoms with Crippen molar-refractivity contribution in [2.45, 2.75) is 25.3 Å². The molecule has 1 saturated heterocycles. The van der Waals surface area contributed by atoms with E-state index in [9.17, 15) is 0 Å². The summed E-state index contributed by atoms with van der Waals surface area (Å²) < 4.78 is 5.28. The van der Waals surface area contributed by atoms with Crippen molar-refractivity contribution in [3.8, 4) is 0 Å². The molecule has 0 spiro atoms. The average molecular weight is 182 g/mol. The summed E-state index contributed by atoms with van der Waals surface area (Å²) in [4.78, 5) is 2.40. The molecule has 0 aromatic carbocycles. The Balaban J connectivity index is 1.80. The van der Waals surface area contributed by atoms with Crippen molar-refractivity contribution < 1.29 is 4.74 Å². The highest BCUT2D eigenvalue weighted by Crippen LogP contribution is 2.16. The second kappa shape index (κ2) is 4.11. The second-order valence-corrected chi connectivity index (χ2v) is 3.93. The van der Waals surface area contributed by atoms with Gasteiger partial charge in [-0.3, -0.25) is 0 Å². The Morgan fingerprint density at radius 1 is 1.46 bits per heavy atom. The second-order valence-electron chi connectivity index (χ2n) is 3.93. The molecule has 2 N–H and O–H groups in total. The average Bonchev–Trinajstić information content (AvgIpc) is 2.12. The van der Waals surface area contributed by atoms with Gasteiger partial charge < -0.3 is 15.4 Å². The van der Waals surface area contributed by atoms with Crippen LogP contribution in [0.15, 0.2) is 11.8 Å². The molecule has 0 radical (unpaired) electrons. The standard InChI is InChI=1S/C10H18N2O/c11-10(7-12-4-2-5-12)9-3-1-6-13-8-9/h8,10H,1-7,11H2. The molecule has 3 heteroatoms. The summed E-state index contributed by atoms with van der Waals surface area (Å²) in [5.41, 5.74) is 7.36. The highest BCUT2D eigenvalue weighted by molar-refractivity contribution is 5.10. The Bertz CT molecular complexity index is 199. The fourth-order valence-electron chi connectivity index (χ4n) is 1.82. The van der Waals surface area contributed by atoms with E-state index in [-0.39, 0.29) is 6.04 Å². The molecule has 3 nitrogen and oxygen atoms in total. The number of likely N-dealkylation sites (tertiary alicyclic amines) is 1. The molecule has 0 bridgehead atoms. The number of nitrogens with zero attached hydrogens (tertiary/aromatic N) is 1. The number of hydrogen-bond acceptors (Lipinski definition) is 3. The first-order chi connectivity index (χ1) is 6.36. The van der Waals surface area contributed by atoms with Gasteiger partial charge in [-0.1, -0.05) is 0 Å². The first-order valence-corrected chi connectivity index (χ1v) is 5.15. The predicted molar refractivity (Wildman–Crippen MR) is 52.3 cm³/mol. The van der Waals surface area contributed by atoms with Crippen LogP contribution in [0.3, 0.4) is 0 Å². The van der Waals surface area contributed by atoms with E-state index in [1.54, 1.807) is 0 Å². The minimum absolute atomic E-state index is 0.195. The number of ether oxygens (including phenoxy) is 1. The Labute approximate surface area is 79.5 Å². The molecular formula is C10H18N2O. The van der Waals surface area contributed by atoms with Crippen LogP contribution in [-0.2, 0) is 4.74 Å². The molecule has 0 aromatic rings. The number of nitrogens with two attached hydrogens (primary N) is 1. The topological polar surface area (TPSA) is 38.5 Å². The van der Waals surface area contributed by atoms with Crippen molar-refractivity contribution in [3.63, 3.8) is 0 Å². The van der Waals surface area contributed by atoms with Gasteiger partial charge in [0.05, 0.1) is 12.9 Å². The Morgan fingerprint density at radius 3 is 2.85 bits per heavy atom. The van der Waals surface area contributed by atoms with E-state index in [4.69, 9.17) is 10.5 Å². The van der Waals surface area contributed by atoms with Crippen LogP contribution >= 0.6 is 0 Å². The number of rotatable bonds is 3.